The molecule has 2 nitrogen and oxygen atoms in total. The van der Waals surface area contributed by atoms with Gasteiger partial charge in [-0.3, -0.25) is 4.79 Å². The average Bonchev–Trinajstić information content (AvgIpc) is 2.33. The van der Waals surface area contributed by atoms with Crippen molar-refractivity contribution in [2.24, 2.45) is 0 Å². The number of benzene rings is 1. The van der Waals surface area contributed by atoms with Crippen molar-refractivity contribution in [3.8, 4) is 11.3 Å². The molecule has 0 spiro atoms. The predicted molar refractivity (Wildman–Crippen MR) is 72.5 cm³/mol. The van der Waals surface area contributed by atoms with E-state index in [1.807, 2.05) is 0 Å². The molecule has 0 unspecified atom stereocenters. The summed E-state index contributed by atoms with van der Waals surface area (Å²) in [6, 6.07) is 3.66. The molecule has 1 aromatic heterocycles. The van der Waals surface area contributed by atoms with Gasteiger partial charge in [-0.2, -0.15) is 13.2 Å². The highest BCUT2D eigenvalue weighted by Crippen LogP contribution is 2.38. The van der Waals surface area contributed by atoms with Gasteiger partial charge in [-0.15, -0.1) is 0 Å². The largest absolute Gasteiger partial charge is 0.421 e. The molecule has 20 heavy (non-hydrogen) atoms. The molecule has 1 aromatic carbocycles. The van der Waals surface area contributed by atoms with Crippen LogP contribution in [0.15, 0.2) is 29.2 Å². The maximum atomic E-state index is 12.5. The van der Waals surface area contributed by atoms with E-state index in [0.29, 0.717) is 6.20 Å². The molecule has 1 heterocycles. The number of alkyl halides is 3. The molecule has 0 saturated carbocycles. The van der Waals surface area contributed by atoms with Crippen LogP contribution in [0, 0.1) is 0 Å². The van der Waals surface area contributed by atoms with E-state index in [1.165, 1.54) is 12.1 Å². The zero-order valence-electron chi connectivity index (χ0n) is 9.49. The number of nitrogens with one attached hydrogen (secondary N) is 1. The smallest absolute Gasteiger partial charge is 0.360 e. The van der Waals surface area contributed by atoms with Crippen molar-refractivity contribution in [2.45, 2.75) is 6.18 Å². The lowest BCUT2D eigenvalue weighted by atomic mass is 10.1. The number of hydrogen-bond acceptors (Lipinski definition) is 1. The second kappa shape index (κ2) is 5.31. The van der Waals surface area contributed by atoms with Gasteiger partial charge in [-0.25, -0.2) is 0 Å². The summed E-state index contributed by atoms with van der Waals surface area (Å²) in [5, 5.41) is 0.385. The molecule has 2 aromatic rings. The molecule has 0 fully saturated rings. The van der Waals surface area contributed by atoms with Crippen LogP contribution in [0.2, 0.25) is 15.1 Å². The molecule has 8 heteroatoms. The maximum absolute atomic E-state index is 12.5. The van der Waals surface area contributed by atoms with Gasteiger partial charge in [-0.1, -0.05) is 34.8 Å². The number of hydrogen-bond donors (Lipinski definition) is 1. The summed E-state index contributed by atoms with van der Waals surface area (Å²) in [4.78, 5) is 13.9. The number of rotatable bonds is 1. The summed E-state index contributed by atoms with van der Waals surface area (Å²) in [7, 11) is 0. The lowest BCUT2D eigenvalue weighted by Crippen LogP contribution is -2.19. The van der Waals surface area contributed by atoms with E-state index in [4.69, 9.17) is 34.8 Å². The molecule has 0 atom stereocenters. The number of aromatic amines is 1. The summed E-state index contributed by atoms with van der Waals surface area (Å²) >= 11 is 17.7. The molecular formula is C12H5Cl3F3NO. The first kappa shape index (κ1) is 15.2. The summed E-state index contributed by atoms with van der Waals surface area (Å²) in [6.45, 7) is 0. The Morgan fingerprint density at radius 3 is 2.20 bits per heavy atom. The van der Waals surface area contributed by atoms with Crippen molar-refractivity contribution >= 4 is 34.8 Å². The highest BCUT2D eigenvalue weighted by atomic mass is 35.5. The topological polar surface area (TPSA) is 32.9 Å². The van der Waals surface area contributed by atoms with Crippen molar-refractivity contribution < 1.29 is 13.2 Å². The molecule has 0 amide bonds. The molecule has 2 rings (SSSR count). The van der Waals surface area contributed by atoms with Crippen molar-refractivity contribution in [2.75, 3.05) is 0 Å². The summed E-state index contributed by atoms with van der Waals surface area (Å²) < 4.78 is 37.5. The van der Waals surface area contributed by atoms with E-state index in [0.717, 1.165) is 6.07 Å². The second-order valence-corrected chi connectivity index (χ2v) is 5.03. The zero-order valence-corrected chi connectivity index (χ0v) is 11.8. The Balaban J connectivity index is 2.65. The first-order chi connectivity index (χ1) is 9.21. The van der Waals surface area contributed by atoms with Crippen LogP contribution in [-0.2, 0) is 6.18 Å². The van der Waals surface area contributed by atoms with Gasteiger partial charge in [-0.05, 0) is 12.1 Å². The number of pyridine rings is 1. The van der Waals surface area contributed by atoms with Crippen LogP contribution < -0.4 is 5.43 Å². The molecule has 0 aliphatic heterocycles. The van der Waals surface area contributed by atoms with E-state index in [1.54, 1.807) is 0 Å². The number of halogens is 6. The summed E-state index contributed by atoms with van der Waals surface area (Å²) in [5.74, 6) is 0. The average molecular weight is 343 g/mol. The molecule has 0 bridgehead atoms. The lowest BCUT2D eigenvalue weighted by molar-refractivity contribution is -0.138. The third kappa shape index (κ3) is 2.80. The Morgan fingerprint density at radius 1 is 1.05 bits per heavy atom. The Hall–Kier alpha value is -1.17. The summed E-state index contributed by atoms with van der Waals surface area (Å²) in [5.41, 5.74) is -2.25. The van der Waals surface area contributed by atoms with Gasteiger partial charge in [0.05, 0.1) is 20.8 Å². The highest BCUT2D eigenvalue weighted by molar-refractivity contribution is 6.46. The predicted octanol–water partition coefficient (Wildman–Crippen LogP) is 5.02. The van der Waals surface area contributed by atoms with Gasteiger partial charge < -0.3 is 4.98 Å². The fraction of sp³-hybridized carbons (Fsp3) is 0.0833. The van der Waals surface area contributed by atoms with Crippen molar-refractivity contribution in [1.29, 1.82) is 0 Å². The minimum atomic E-state index is -4.73. The third-order valence-electron chi connectivity index (χ3n) is 2.53. The highest BCUT2D eigenvalue weighted by Gasteiger charge is 2.33. The van der Waals surface area contributed by atoms with Gasteiger partial charge in [0.2, 0.25) is 0 Å². The van der Waals surface area contributed by atoms with Crippen LogP contribution >= 0.6 is 34.8 Å². The van der Waals surface area contributed by atoms with Gasteiger partial charge in [0.25, 0.3) is 0 Å². The minimum Gasteiger partial charge on any atom is -0.360 e. The Kier molecular flexibility index (Phi) is 4.04. The Morgan fingerprint density at radius 2 is 1.65 bits per heavy atom. The first-order valence-electron chi connectivity index (χ1n) is 5.15. The van der Waals surface area contributed by atoms with E-state index < -0.39 is 17.2 Å². The standard InChI is InChI=1S/C12H5Cl3F3NO/c13-6-1-2-7(14)11(15)10(6)8-3-9(20)5(4-19-8)12(16,17)18/h1-4H,(H,19,20). The van der Waals surface area contributed by atoms with Crippen LogP contribution in [0.25, 0.3) is 11.3 Å². The Bertz CT molecular complexity index is 725. The third-order valence-corrected chi connectivity index (χ3v) is 3.65. The van der Waals surface area contributed by atoms with Gasteiger partial charge in [0.1, 0.15) is 5.56 Å². The normalized spacial score (nSPS) is 11.7. The van der Waals surface area contributed by atoms with Crippen LogP contribution in [-0.4, -0.2) is 4.98 Å². The van der Waals surface area contributed by atoms with Crippen LogP contribution in [0.4, 0.5) is 13.2 Å². The molecule has 0 aliphatic rings. The molecule has 106 valence electrons. The maximum Gasteiger partial charge on any atom is 0.421 e. The lowest BCUT2D eigenvalue weighted by Gasteiger charge is -2.10. The minimum absolute atomic E-state index is 0.0505. The molecule has 0 saturated heterocycles. The fourth-order valence-corrected chi connectivity index (χ4v) is 2.34. The van der Waals surface area contributed by atoms with E-state index in [-0.39, 0.29) is 26.3 Å². The zero-order chi connectivity index (χ0) is 15.1. The quantitative estimate of drug-likeness (QED) is 0.725. The van der Waals surface area contributed by atoms with E-state index >= 15 is 0 Å². The van der Waals surface area contributed by atoms with E-state index in [9.17, 15) is 18.0 Å². The summed E-state index contributed by atoms with van der Waals surface area (Å²) in [6.07, 6.45) is -4.15. The van der Waals surface area contributed by atoms with E-state index in [2.05, 4.69) is 4.98 Å². The second-order valence-electron chi connectivity index (χ2n) is 3.84. The molecule has 0 radical (unpaired) electrons. The first-order valence-corrected chi connectivity index (χ1v) is 6.29. The molecule has 1 N–H and O–H groups in total. The van der Waals surface area contributed by atoms with Crippen LogP contribution in [0.5, 0.6) is 0 Å². The fourth-order valence-electron chi connectivity index (χ4n) is 1.61. The molecule has 0 aliphatic carbocycles. The van der Waals surface area contributed by atoms with Crippen molar-refractivity contribution in [1.82, 2.24) is 4.98 Å². The number of aromatic nitrogens is 1. The monoisotopic (exact) mass is 341 g/mol. The van der Waals surface area contributed by atoms with Crippen molar-refractivity contribution in [3.63, 3.8) is 0 Å². The van der Waals surface area contributed by atoms with Gasteiger partial charge >= 0.3 is 6.18 Å². The number of H-pyrrole nitrogens is 1. The SMILES string of the molecule is O=c1cc(-c2c(Cl)ccc(Cl)c2Cl)[nH]cc1C(F)(F)F. The van der Waals surface area contributed by atoms with Gasteiger partial charge in [0.15, 0.2) is 5.43 Å². The van der Waals surface area contributed by atoms with Crippen molar-refractivity contribution in [3.05, 3.63) is 55.3 Å². The Labute approximate surface area is 126 Å². The molecular weight excluding hydrogens is 337 g/mol. The van der Waals surface area contributed by atoms with Gasteiger partial charge in [0, 0.05) is 17.8 Å². The van der Waals surface area contributed by atoms with Crippen LogP contribution in [0.1, 0.15) is 5.56 Å². The van der Waals surface area contributed by atoms with Crippen LogP contribution in [0.3, 0.4) is 0 Å².